The first-order valence-electron chi connectivity index (χ1n) is 5.19. The average Bonchev–Trinajstić information content (AvgIpc) is 2.27. The number of rotatable bonds is 9. The fourth-order valence-electron chi connectivity index (χ4n) is 0.970. The Hall–Kier alpha value is -0.150. The Morgan fingerprint density at radius 1 is 1.13 bits per heavy atom. The van der Waals surface area contributed by atoms with Gasteiger partial charge in [0.25, 0.3) is 0 Å². The molecule has 0 N–H and O–H groups in total. The molecule has 0 atom stereocenters. The molecular formula is C10H21O4P. The Morgan fingerprint density at radius 2 is 1.73 bits per heavy atom. The van der Waals surface area contributed by atoms with Crippen LogP contribution in [-0.2, 0) is 18.1 Å². The lowest BCUT2D eigenvalue weighted by Crippen LogP contribution is -1.95. The van der Waals surface area contributed by atoms with Gasteiger partial charge < -0.3 is 0 Å². The van der Waals surface area contributed by atoms with E-state index in [1.807, 2.05) is 6.08 Å². The molecular weight excluding hydrogens is 215 g/mol. The average molecular weight is 236 g/mol. The molecule has 15 heavy (non-hydrogen) atoms. The highest BCUT2D eigenvalue weighted by atomic mass is 31.2. The van der Waals surface area contributed by atoms with Crippen LogP contribution in [0.1, 0.15) is 32.6 Å². The highest BCUT2D eigenvalue weighted by Gasteiger charge is 2.21. The van der Waals surface area contributed by atoms with Crippen LogP contribution >= 0.6 is 7.82 Å². The molecule has 0 aliphatic carbocycles. The minimum atomic E-state index is -3.28. The summed E-state index contributed by atoms with van der Waals surface area (Å²) in [6.45, 7) is 2.51. The SMILES string of the molecule is CCCCC=CCCOP(=O)(OC)OC. The quantitative estimate of drug-likeness (QED) is 0.349. The Bertz CT molecular complexity index is 207. The Balaban J connectivity index is 3.53. The highest BCUT2D eigenvalue weighted by molar-refractivity contribution is 7.48. The maximum atomic E-state index is 11.4. The van der Waals surface area contributed by atoms with Crippen molar-refractivity contribution in [3.63, 3.8) is 0 Å². The molecule has 4 nitrogen and oxygen atoms in total. The van der Waals surface area contributed by atoms with Crippen LogP contribution in [0.5, 0.6) is 0 Å². The second-order valence-corrected chi connectivity index (χ2v) is 4.93. The van der Waals surface area contributed by atoms with E-state index in [0.29, 0.717) is 6.61 Å². The Morgan fingerprint density at radius 3 is 2.27 bits per heavy atom. The van der Waals surface area contributed by atoms with Gasteiger partial charge in [-0.05, 0) is 12.8 Å². The van der Waals surface area contributed by atoms with Crippen molar-refractivity contribution in [3.05, 3.63) is 12.2 Å². The topological polar surface area (TPSA) is 44.8 Å². The maximum Gasteiger partial charge on any atom is 0.474 e. The van der Waals surface area contributed by atoms with E-state index in [9.17, 15) is 4.57 Å². The molecule has 5 heteroatoms. The lowest BCUT2D eigenvalue weighted by atomic mass is 10.2. The van der Waals surface area contributed by atoms with Crippen molar-refractivity contribution in [2.24, 2.45) is 0 Å². The zero-order valence-electron chi connectivity index (χ0n) is 9.77. The molecule has 0 aliphatic rings. The monoisotopic (exact) mass is 236 g/mol. The van der Waals surface area contributed by atoms with Crippen LogP contribution in [0.25, 0.3) is 0 Å². The van der Waals surface area contributed by atoms with Crippen LogP contribution in [0.3, 0.4) is 0 Å². The second-order valence-electron chi connectivity index (χ2n) is 3.05. The third kappa shape index (κ3) is 7.74. The van der Waals surface area contributed by atoms with Gasteiger partial charge >= 0.3 is 7.82 Å². The van der Waals surface area contributed by atoms with Crippen LogP contribution in [0.2, 0.25) is 0 Å². The van der Waals surface area contributed by atoms with E-state index in [-0.39, 0.29) is 0 Å². The van der Waals surface area contributed by atoms with Gasteiger partial charge in [-0.25, -0.2) is 4.57 Å². The molecule has 0 amide bonds. The normalized spacial score (nSPS) is 12.5. The molecule has 0 aromatic carbocycles. The van der Waals surface area contributed by atoms with E-state index >= 15 is 0 Å². The fraction of sp³-hybridized carbons (Fsp3) is 0.800. The Labute approximate surface area is 92.2 Å². The summed E-state index contributed by atoms with van der Waals surface area (Å²) in [6.07, 6.45) is 8.33. The summed E-state index contributed by atoms with van der Waals surface area (Å²) in [7, 11) is -0.663. The second kappa shape index (κ2) is 9.10. The third-order valence-corrected chi connectivity index (χ3v) is 3.27. The van der Waals surface area contributed by atoms with Crippen molar-refractivity contribution in [2.45, 2.75) is 32.6 Å². The van der Waals surface area contributed by atoms with Crippen LogP contribution < -0.4 is 0 Å². The van der Waals surface area contributed by atoms with Crippen molar-refractivity contribution in [1.29, 1.82) is 0 Å². The third-order valence-electron chi connectivity index (χ3n) is 1.87. The molecule has 0 heterocycles. The molecule has 90 valence electrons. The predicted molar refractivity (Wildman–Crippen MR) is 60.9 cm³/mol. The number of hydrogen-bond donors (Lipinski definition) is 0. The van der Waals surface area contributed by atoms with Gasteiger partial charge in [-0.15, -0.1) is 0 Å². The number of hydrogen-bond acceptors (Lipinski definition) is 4. The first-order valence-corrected chi connectivity index (χ1v) is 6.65. The van der Waals surface area contributed by atoms with Crippen molar-refractivity contribution in [1.82, 2.24) is 0 Å². The van der Waals surface area contributed by atoms with Gasteiger partial charge in [-0.3, -0.25) is 13.6 Å². The minimum Gasteiger partial charge on any atom is -0.290 e. The zero-order valence-corrected chi connectivity index (χ0v) is 10.7. The fourth-order valence-corrected chi connectivity index (χ4v) is 1.66. The lowest BCUT2D eigenvalue weighted by Gasteiger charge is -2.11. The van der Waals surface area contributed by atoms with E-state index in [4.69, 9.17) is 4.52 Å². The van der Waals surface area contributed by atoms with Gasteiger partial charge in [0.05, 0.1) is 6.61 Å². The minimum absolute atomic E-state index is 0.349. The molecule has 0 unspecified atom stereocenters. The highest BCUT2D eigenvalue weighted by Crippen LogP contribution is 2.47. The standard InChI is InChI=1S/C10H21O4P/c1-4-5-6-7-8-9-10-14-15(11,12-2)13-3/h7-8H,4-6,9-10H2,1-3H3. The van der Waals surface area contributed by atoms with E-state index < -0.39 is 7.82 Å². The van der Waals surface area contributed by atoms with Crippen molar-refractivity contribution >= 4 is 7.82 Å². The van der Waals surface area contributed by atoms with E-state index in [0.717, 1.165) is 12.8 Å². The van der Waals surface area contributed by atoms with Gasteiger partial charge in [0, 0.05) is 14.2 Å². The number of unbranched alkanes of at least 4 members (excludes halogenated alkanes) is 2. The summed E-state index contributed by atoms with van der Waals surface area (Å²) in [5, 5.41) is 0. The first-order chi connectivity index (χ1) is 7.18. The molecule has 0 radical (unpaired) electrons. The number of phosphoric acid groups is 1. The zero-order chi connectivity index (χ0) is 11.6. The first kappa shape index (κ1) is 14.8. The van der Waals surface area contributed by atoms with Gasteiger partial charge in [0.2, 0.25) is 0 Å². The largest absolute Gasteiger partial charge is 0.474 e. The molecule has 0 aliphatic heterocycles. The number of allylic oxidation sites excluding steroid dienone is 1. The Kier molecular flexibility index (Phi) is 9.01. The lowest BCUT2D eigenvalue weighted by molar-refractivity contribution is 0.154. The maximum absolute atomic E-state index is 11.4. The summed E-state index contributed by atoms with van der Waals surface area (Å²) in [5.41, 5.74) is 0. The molecule has 0 spiro atoms. The van der Waals surface area contributed by atoms with Crippen LogP contribution in [0, 0.1) is 0 Å². The number of phosphoric ester groups is 1. The van der Waals surface area contributed by atoms with Crippen molar-refractivity contribution in [2.75, 3.05) is 20.8 Å². The van der Waals surface area contributed by atoms with E-state index in [2.05, 4.69) is 22.0 Å². The molecule has 0 rings (SSSR count). The molecule has 0 aromatic rings. The van der Waals surface area contributed by atoms with Crippen LogP contribution in [0.15, 0.2) is 12.2 Å². The summed E-state index contributed by atoms with van der Waals surface area (Å²) in [4.78, 5) is 0. The smallest absolute Gasteiger partial charge is 0.290 e. The molecule has 0 aromatic heterocycles. The van der Waals surface area contributed by atoms with Crippen molar-refractivity contribution < 1.29 is 18.1 Å². The molecule has 0 saturated heterocycles. The van der Waals surface area contributed by atoms with Crippen LogP contribution in [-0.4, -0.2) is 20.8 Å². The molecule has 0 bridgehead atoms. The van der Waals surface area contributed by atoms with Gasteiger partial charge in [-0.1, -0.05) is 31.9 Å². The molecule has 0 saturated carbocycles. The van der Waals surface area contributed by atoms with E-state index in [1.54, 1.807) is 0 Å². The van der Waals surface area contributed by atoms with Crippen molar-refractivity contribution in [3.8, 4) is 0 Å². The van der Waals surface area contributed by atoms with Gasteiger partial charge in [0.1, 0.15) is 0 Å². The van der Waals surface area contributed by atoms with Crippen LogP contribution in [0.4, 0.5) is 0 Å². The van der Waals surface area contributed by atoms with E-state index in [1.165, 1.54) is 27.1 Å². The predicted octanol–water partition coefficient (Wildman–Crippen LogP) is 3.54. The van der Waals surface area contributed by atoms with Gasteiger partial charge in [0.15, 0.2) is 0 Å². The molecule has 0 fully saturated rings. The summed E-state index contributed by atoms with van der Waals surface area (Å²) >= 11 is 0. The van der Waals surface area contributed by atoms with Gasteiger partial charge in [-0.2, -0.15) is 0 Å². The summed E-state index contributed by atoms with van der Waals surface area (Å²) in [5.74, 6) is 0. The summed E-state index contributed by atoms with van der Waals surface area (Å²) < 4.78 is 25.6. The summed E-state index contributed by atoms with van der Waals surface area (Å²) in [6, 6.07) is 0.